The molecule has 0 aliphatic carbocycles. The van der Waals surface area contributed by atoms with E-state index in [9.17, 15) is 4.79 Å². The topological polar surface area (TPSA) is 183 Å². The highest BCUT2D eigenvalue weighted by Gasteiger charge is 2.61. The highest BCUT2D eigenvalue weighted by molar-refractivity contribution is 6.98. The zero-order valence-corrected chi connectivity index (χ0v) is 95.0. The Hall–Kier alpha value is 3.30. The molecule has 0 saturated carbocycles. The zero-order chi connectivity index (χ0) is 79.3. The SMILES string of the molecule is C=C(C)C(=O)OCCC[Si]1(C)O[Si](C)(C)O[Si](C)(CC[Si](C)(C)O[Si](C)(C)O[Si](C)(C)CC[Si](C)(C)O[Si](O[Si](C)(C)CC[Si](C)(C)C)(O[Si](C)(C)CC[Si](C)(C)O[SiH](C)C)O[Si](C)(C)CC[Si](C)(C)O[Si](C)(C)O[Si](C)(C)CC[Si]2(C)O[Si](C)(C)O[Si](C)(C)O[Si](C)(CC)O2)O[Si](C)(C)O1. The van der Waals surface area contributed by atoms with Gasteiger partial charge in [0.15, 0.2) is 83.9 Å². The first-order valence-electron chi connectivity index (χ1n) is 38.1. The number of hydrogen-bond donors (Lipinski definition) is 0. The molecule has 2 heterocycles. The molecule has 0 bridgehead atoms. The Morgan fingerprint density at radius 3 is 0.901 bits per heavy atom. The predicted octanol–water partition coefficient (Wildman–Crippen LogP) is 20.9. The van der Waals surface area contributed by atoms with Gasteiger partial charge in [-0.3, -0.25) is 0 Å². The van der Waals surface area contributed by atoms with Gasteiger partial charge >= 0.3 is 101 Å². The Morgan fingerprint density at radius 1 is 0.347 bits per heavy atom. The quantitative estimate of drug-likeness (QED) is 0.0243. The molecule has 0 aromatic rings. The van der Waals surface area contributed by atoms with Gasteiger partial charge in [-0.05, 0) is 328 Å². The van der Waals surface area contributed by atoms with Crippen LogP contribution in [0.25, 0.3) is 0 Å². The number of esters is 1. The van der Waals surface area contributed by atoms with Crippen LogP contribution in [0, 0.1) is 0 Å². The Bertz CT molecular complexity index is 2640. The van der Waals surface area contributed by atoms with E-state index in [1.165, 1.54) is 6.04 Å². The van der Waals surface area contributed by atoms with Gasteiger partial charge in [0, 0.05) is 13.6 Å². The van der Waals surface area contributed by atoms with E-state index in [1.54, 1.807) is 6.92 Å². The van der Waals surface area contributed by atoms with Crippen molar-refractivity contribution in [2.75, 3.05) is 6.61 Å². The third-order valence-corrected chi connectivity index (χ3v) is 104. The minimum atomic E-state index is -3.95. The van der Waals surface area contributed by atoms with Crippen LogP contribution in [0.1, 0.15) is 20.3 Å². The first-order valence-corrected chi connectivity index (χ1v) is 101. The summed E-state index contributed by atoms with van der Waals surface area (Å²) in [7, 11) is -55.0. The van der Waals surface area contributed by atoms with E-state index in [0.29, 0.717) is 18.0 Å². The minimum absolute atomic E-state index is 0.286. The molecule has 600 valence electrons. The van der Waals surface area contributed by atoms with E-state index in [-0.39, 0.29) is 12.6 Å². The van der Waals surface area contributed by atoms with Crippen molar-refractivity contribution in [2.45, 2.75) is 360 Å². The van der Waals surface area contributed by atoms with Crippen molar-refractivity contribution in [1.82, 2.24) is 0 Å². The van der Waals surface area contributed by atoms with Crippen molar-refractivity contribution in [2.24, 2.45) is 0 Å². The Morgan fingerprint density at radius 2 is 0.604 bits per heavy atom. The predicted molar refractivity (Wildman–Crippen MR) is 478 cm³/mol. The maximum Gasteiger partial charge on any atom is 0.636 e. The normalized spacial score (nSPS) is 24.9. The highest BCUT2D eigenvalue weighted by Crippen LogP contribution is 2.43. The molecule has 3 atom stereocenters. The number of rotatable bonds is 42. The van der Waals surface area contributed by atoms with Gasteiger partial charge in [0.1, 0.15) is 0 Å². The Kier molecular flexibility index (Phi) is 36.2. The lowest BCUT2D eigenvalue weighted by Crippen LogP contribution is -2.67. The van der Waals surface area contributed by atoms with E-state index in [0.717, 1.165) is 72.5 Å². The van der Waals surface area contributed by atoms with Gasteiger partial charge in [-0.1, -0.05) is 39.2 Å². The second-order valence-electron chi connectivity index (χ2n) is 40.0. The molecule has 2 rings (SSSR count). The molecule has 2 saturated heterocycles. The van der Waals surface area contributed by atoms with Crippen molar-refractivity contribution < 1.29 is 79.5 Å². The van der Waals surface area contributed by atoms with Crippen LogP contribution in [0.5, 0.6) is 0 Å². The van der Waals surface area contributed by atoms with Crippen LogP contribution in [0.2, 0.25) is 340 Å². The molecule has 2 aliphatic rings. The first-order chi connectivity index (χ1) is 44.4. The van der Waals surface area contributed by atoms with Gasteiger partial charge in [-0.25, -0.2) is 4.79 Å². The maximum absolute atomic E-state index is 12.1. The Labute approximate surface area is 645 Å². The van der Waals surface area contributed by atoms with E-state index in [1.807, 2.05) is 0 Å². The molecule has 101 heavy (non-hydrogen) atoms. The summed E-state index contributed by atoms with van der Waals surface area (Å²) in [6.45, 7) is 97.3. The monoisotopic (exact) mass is 1800 g/mol. The lowest BCUT2D eigenvalue weighted by Gasteiger charge is -2.49. The molecule has 2 fully saturated rings. The average molecular weight is 1800 g/mol. The first kappa shape index (κ1) is 100. The minimum Gasteiger partial charge on any atom is -0.462 e. The van der Waals surface area contributed by atoms with Crippen molar-refractivity contribution in [1.29, 1.82) is 0 Å². The second kappa shape index (κ2) is 36.4. The van der Waals surface area contributed by atoms with Crippen LogP contribution in [-0.2, 0) is 79.5 Å². The molecule has 41 heteroatoms. The van der Waals surface area contributed by atoms with Crippen molar-refractivity contribution in [3.8, 4) is 0 Å². The molecule has 2 aliphatic heterocycles. The van der Waals surface area contributed by atoms with Gasteiger partial charge in [0.2, 0.25) is 0 Å². The van der Waals surface area contributed by atoms with Crippen molar-refractivity contribution in [3.05, 3.63) is 12.2 Å². The molecule has 19 nitrogen and oxygen atoms in total. The fourth-order valence-electron chi connectivity index (χ4n) is 14.3. The van der Waals surface area contributed by atoms with Crippen LogP contribution in [0.4, 0.5) is 0 Å². The van der Waals surface area contributed by atoms with Gasteiger partial charge in [-0.2, -0.15) is 0 Å². The van der Waals surface area contributed by atoms with Crippen LogP contribution in [-0.4, -0.2) is 199 Å². The number of carbonyl (C=O) groups excluding carboxylic acids is 1. The third-order valence-electron chi connectivity index (χ3n) is 17.8. The largest absolute Gasteiger partial charge is 0.636 e. The maximum atomic E-state index is 12.1. The smallest absolute Gasteiger partial charge is 0.462 e. The van der Waals surface area contributed by atoms with Gasteiger partial charge in [0.05, 0.1) is 6.61 Å². The number of hydrogen-bond acceptors (Lipinski definition) is 19. The van der Waals surface area contributed by atoms with E-state index in [4.69, 9.17) is 74.7 Å². The summed E-state index contributed by atoms with van der Waals surface area (Å²) in [6.07, 6.45) is 0.632. The molecular formula is C60H158O19Si22. The van der Waals surface area contributed by atoms with Crippen molar-refractivity contribution in [3.63, 3.8) is 0 Å². The van der Waals surface area contributed by atoms with Gasteiger partial charge in [0.25, 0.3) is 0 Å². The van der Waals surface area contributed by atoms with Crippen LogP contribution in [0.3, 0.4) is 0 Å². The lowest BCUT2D eigenvalue weighted by molar-refractivity contribution is -0.139. The van der Waals surface area contributed by atoms with E-state index in [2.05, 4.69) is 269 Å². The molecule has 0 radical (unpaired) electrons. The Balaban J connectivity index is 2.55. The highest BCUT2D eigenvalue weighted by atomic mass is 28.6. The summed E-state index contributed by atoms with van der Waals surface area (Å²) in [5, 5.41) is 0. The van der Waals surface area contributed by atoms with Crippen LogP contribution in [0.15, 0.2) is 12.2 Å². The molecule has 0 aromatic carbocycles. The fraction of sp³-hybridized carbons (Fsp3) is 0.950. The van der Waals surface area contributed by atoms with E-state index < -0.39 is 187 Å². The van der Waals surface area contributed by atoms with Gasteiger partial charge < -0.3 is 74.7 Å². The summed E-state index contributed by atoms with van der Waals surface area (Å²) in [5.74, 6) is -0.378. The van der Waals surface area contributed by atoms with Crippen LogP contribution < -0.4 is 0 Å². The molecule has 3 unspecified atom stereocenters. The van der Waals surface area contributed by atoms with Crippen LogP contribution >= 0.6 is 0 Å². The summed E-state index contributed by atoms with van der Waals surface area (Å²) < 4.78 is 130. The number of carbonyl (C=O) groups is 1. The molecule has 0 amide bonds. The molecule has 0 N–H and O–H groups in total. The molecular weight excluding hydrogens is 1640 g/mol. The zero-order valence-electron chi connectivity index (χ0n) is 72.9. The standard InChI is InChI=1S/C60H158O19Si22/c1-43-97(39)73-93(31,32)72-94(33,34)74-100(42,79-97)58-56-86(17,18)67-92(29,30)65-84(13,14)52-54-90(25,26)71-101(68-87(19,20)48-47-81(6,7)8,69-88(21,22)50-49-82(9,10)63-80(4)5)70-89(23,24)53-51-83(11,12)64-91(27,28)66-85(15,16)55-57-99(41)77-95(35,36)75-98(40,76-96(37,38)78-99)46-44-45-62-60(61)59(2)3/h80H,2,43-58H2,1,3-42H3. The lowest BCUT2D eigenvalue weighted by atomic mass is 10.4. The molecule has 0 spiro atoms. The summed E-state index contributed by atoms with van der Waals surface area (Å²) >= 11 is 0. The summed E-state index contributed by atoms with van der Waals surface area (Å²) in [5.41, 5.74) is 0.390. The molecule has 0 aromatic heterocycles. The summed E-state index contributed by atoms with van der Waals surface area (Å²) in [6, 6.07) is 12.7. The average Bonchev–Trinajstić information content (AvgIpc) is 0.786. The fourth-order valence-corrected chi connectivity index (χ4v) is 130. The van der Waals surface area contributed by atoms with Crippen molar-refractivity contribution >= 4 is 193 Å². The number of ether oxygens (including phenoxy) is 1. The van der Waals surface area contributed by atoms with Gasteiger partial charge in [-0.15, -0.1) is 0 Å². The van der Waals surface area contributed by atoms with E-state index >= 15 is 0 Å². The second-order valence-corrected chi connectivity index (χ2v) is 127. The summed E-state index contributed by atoms with van der Waals surface area (Å²) in [4.78, 5) is 12.1. The third kappa shape index (κ3) is 40.7.